The van der Waals surface area contributed by atoms with Crippen LogP contribution in [0.25, 0.3) is 0 Å². The van der Waals surface area contributed by atoms with Gasteiger partial charge in [-0.2, -0.15) is 0 Å². The predicted octanol–water partition coefficient (Wildman–Crippen LogP) is -6.55. The molecule has 0 aromatic rings. The van der Waals surface area contributed by atoms with E-state index in [9.17, 15) is 33.6 Å². The van der Waals surface area contributed by atoms with Crippen molar-refractivity contribution in [1.82, 2.24) is 31.5 Å². The number of aliphatic imine (C=N–C) groups is 2. The molecule has 3 atom stereocenters. The van der Waals surface area contributed by atoms with Crippen molar-refractivity contribution < 1.29 is 38.7 Å². The Morgan fingerprint density at radius 1 is 0.761 bits per heavy atom. The molecule has 1 aliphatic heterocycles. The van der Waals surface area contributed by atoms with Gasteiger partial charge in [-0.3, -0.25) is 43.5 Å². The number of guanidine groups is 2. The third-order valence-corrected chi connectivity index (χ3v) is 6.48. The molecule has 1 heterocycles. The van der Waals surface area contributed by atoms with Gasteiger partial charge in [0.1, 0.15) is 18.6 Å². The van der Waals surface area contributed by atoms with Crippen LogP contribution in [0.4, 0.5) is 0 Å². The van der Waals surface area contributed by atoms with Crippen LogP contribution in [-0.4, -0.2) is 127 Å². The SMILES string of the molecule is NC(N)=NCCCC(N)C(=O)NC(CCCN=C(N)N)C(=O)NCC(=O)N1CCCC1C(=O)NCC(=O)NCC(=O)NCC(=O)O. The summed E-state index contributed by atoms with van der Waals surface area (Å²) in [6, 6.07) is -2.92. The Hall–Kier alpha value is -5.21. The second-order valence-electron chi connectivity index (χ2n) is 10.2. The number of carbonyl (C=O) groups excluding carboxylic acids is 6. The normalized spacial score (nSPS) is 15.0. The lowest BCUT2D eigenvalue weighted by molar-refractivity contribution is -0.139. The average Bonchev–Trinajstić information content (AvgIpc) is 3.50. The van der Waals surface area contributed by atoms with E-state index in [0.29, 0.717) is 25.7 Å². The second kappa shape index (κ2) is 20.7. The summed E-state index contributed by atoms with van der Waals surface area (Å²) in [5, 5.41) is 20.3. The molecule has 1 fully saturated rings. The second-order valence-corrected chi connectivity index (χ2v) is 10.2. The van der Waals surface area contributed by atoms with Crippen LogP contribution in [0.3, 0.4) is 0 Å². The van der Waals surface area contributed by atoms with Crippen LogP contribution in [0, 0.1) is 0 Å². The van der Waals surface area contributed by atoms with Crippen molar-refractivity contribution in [2.45, 2.75) is 56.7 Å². The van der Waals surface area contributed by atoms with E-state index in [1.807, 2.05) is 0 Å². The fraction of sp³-hybridized carbons (Fsp3) is 0.640. The van der Waals surface area contributed by atoms with Gasteiger partial charge < -0.3 is 65.3 Å². The molecular weight excluding hydrogens is 610 g/mol. The van der Waals surface area contributed by atoms with Gasteiger partial charge in [0.05, 0.1) is 25.7 Å². The first-order valence-corrected chi connectivity index (χ1v) is 14.5. The van der Waals surface area contributed by atoms with Crippen LogP contribution in [0.1, 0.15) is 38.5 Å². The molecule has 0 saturated carbocycles. The van der Waals surface area contributed by atoms with Gasteiger partial charge in [0, 0.05) is 19.6 Å². The Bertz CT molecular complexity index is 1150. The Balaban J connectivity index is 2.67. The number of carboxylic acid groups (broad SMARTS) is 1. The fourth-order valence-electron chi connectivity index (χ4n) is 4.19. The van der Waals surface area contributed by atoms with Crippen LogP contribution >= 0.6 is 0 Å². The number of rotatable bonds is 20. The number of carboxylic acids is 1. The third-order valence-electron chi connectivity index (χ3n) is 6.48. The number of carbonyl (C=O) groups is 7. The molecule has 3 unspecified atom stereocenters. The lowest BCUT2D eigenvalue weighted by Crippen LogP contribution is -2.54. The van der Waals surface area contributed by atoms with Crippen LogP contribution < -0.4 is 55.3 Å². The molecule has 0 spiro atoms. The van der Waals surface area contributed by atoms with Crippen LogP contribution in [0.15, 0.2) is 9.98 Å². The third kappa shape index (κ3) is 16.0. The summed E-state index contributed by atoms with van der Waals surface area (Å²) in [6.07, 6.45) is 1.92. The minimum Gasteiger partial charge on any atom is -0.480 e. The molecular formula is C25H45N13O8. The lowest BCUT2D eigenvalue weighted by atomic mass is 10.1. The maximum absolute atomic E-state index is 13.0. The molecule has 6 amide bonds. The molecule has 0 aliphatic carbocycles. The van der Waals surface area contributed by atoms with E-state index < -0.39 is 85.7 Å². The van der Waals surface area contributed by atoms with E-state index in [2.05, 4.69) is 36.6 Å². The van der Waals surface area contributed by atoms with Crippen molar-refractivity contribution in [3.05, 3.63) is 0 Å². The van der Waals surface area contributed by atoms with Crippen LogP contribution in [0.2, 0.25) is 0 Å². The zero-order valence-corrected chi connectivity index (χ0v) is 25.5. The topological polar surface area (TPSA) is 358 Å². The minimum atomic E-state index is -1.25. The van der Waals surface area contributed by atoms with Crippen LogP contribution in [0.5, 0.6) is 0 Å². The summed E-state index contributed by atoms with van der Waals surface area (Å²) < 4.78 is 0. The van der Waals surface area contributed by atoms with E-state index in [1.165, 1.54) is 4.90 Å². The summed E-state index contributed by atoms with van der Waals surface area (Å²) in [5.41, 5.74) is 27.2. The van der Waals surface area contributed by atoms with E-state index in [0.717, 1.165) is 0 Å². The number of nitrogens with zero attached hydrogens (tertiary/aromatic N) is 3. The number of nitrogens with two attached hydrogens (primary N) is 5. The number of likely N-dealkylation sites (tertiary alicyclic amines) is 1. The van der Waals surface area contributed by atoms with E-state index in [1.54, 1.807) is 0 Å². The summed E-state index contributed by atoms with van der Waals surface area (Å²) in [7, 11) is 0. The molecule has 16 N–H and O–H groups in total. The largest absolute Gasteiger partial charge is 0.480 e. The van der Waals surface area contributed by atoms with Crippen molar-refractivity contribution in [2.24, 2.45) is 38.7 Å². The van der Waals surface area contributed by atoms with Gasteiger partial charge in [-0.15, -0.1) is 0 Å². The molecule has 0 aromatic carbocycles. The van der Waals surface area contributed by atoms with Crippen molar-refractivity contribution in [3.63, 3.8) is 0 Å². The number of nitrogens with one attached hydrogen (secondary N) is 5. The standard InChI is InChI=1S/C25H45N13O8/c26-14(4-1-7-31-24(27)28)21(44)37-15(5-2-8-32-25(29)30)22(45)36-12-19(41)38-9-3-6-16(38)23(46)35-11-18(40)33-10-17(39)34-13-20(42)43/h14-16H,1-13,26H2,(H,33,40)(H,34,39)(H,35,46)(H,36,45)(H,37,44)(H,42,43)(H4,27,28,31)(H4,29,30,32). The molecule has 21 nitrogen and oxygen atoms in total. The number of amides is 6. The number of aliphatic carboxylic acids is 1. The van der Waals surface area contributed by atoms with Gasteiger partial charge in [0.25, 0.3) is 0 Å². The van der Waals surface area contributed by atoms with Crippen molar-refractivity contribution in [2.75, 3.05) is 45.8 Å². The molecule has 1 saturated heterocycles. The van der Waals surface area contributed by atoms with Gasteiger partial charge in [0.15, 0.2) is 11.9 Å². The van der Waals surface area contributed by atoms with Gasteiger partial charge in [-0.05, 0) is 38.5 Å². The van der Waals surface area contributed by atoms with Crippen molar-refractivity contribution in [3.8, 4) is 0 Å². The Kier molecular flexibility index (Phi) is 17.5. The number of hydrogen-bond donors (Lipinski definition) is 11. The monoisotopic (exact) mass is 655 g/mol. The molecule has 46 heavy (non-hydrogen) atoms. The molecule has 1 aliphatic rings. The molecule has 0 bridgehead atoms. The molecule has 0 radical (unpaired) electrons. The highest BCUT2D eigenvalue weighted by Crippen LogP contribution is 2.17. The van der Waals surface area contributed by atoms with Gasteiger partial charge in [0.2, 0.25) is 35.4 Å². The lowest BCUT2D eigenvalue weighted by Gasteiger charge is -2.25. The summed E-state index contributed by atoms with van der Waals surface area (Å²) in [5.74, 6) is -5.34. The summed E-state index contributed by atoms with van der Waals surface area (Å²) >= 11 is 0. The quantitative estimate of drug-likeness (QED) is 0.0330. The Morgan fingerprint density at radius 2 is 1.33 bits per heavy atom. The first-order valence-electron chi connectivity index (χ1n) is 14.5. The summed E-state index contributed by atoms with van der Waals surface area (Å²) in [6.45, 7) is -1.37. The molecule has 21 heteroatoms. The Labute approximate surface area is 264 Å². The van der Waals surface area contributed by atoms with Gasteiger partial charge in [-0.1, -0.05) is 0 Å². The van der Waals surface area contributed by atoms with Gasteiger partial charge >= 0.3 is 5.97 Å². The summed E-state index contributed by atoms with van der Waals surface area (Å²) in [4.78, 5) is 94.2. The zero-order valence-electron chi connectivity index (χ0n) is 25.5. The van der Waals surface area contributed by atoms with Crippen LogP contribution in [-0.2, 0) is 33.6 Å². The first-order chi connectivity index (χ1) is 21.7. The highest BCUT2D eigenvalue weighted by molar-refractivity contribution is 5.94. The maximum atomic E-state index is 13.0. The maximum Gasteiger partial charge on any atom is 0.322 e. The number of hydrogen-bond acceptors (Lipinski definition) is 10. The first kappa shape index (κ1) is 38.8. The molecule has 258 valence electrons. The highest BCUT2D eigenvalue weighted by atomic mass is 16.4. The predicted molar refractivity (Wildman–Crippen MR) is 164 cm³/mol. The fourth-order valence-corrected chi connectivity index (χ4v) is 4.19. The van der Waals surface area contributed by atoms with Gasteiger partial charge in [-0.25, -0.2) is 0 Å². The molecule has 0 aromatic heterocycles. The van der Waals surface area contributed by atoms with Crippen molar-refractivity contribution in [1.29, 1.82) is 0 Å². The molecule has 1 rings (SSSR count). The minimum absolute atomic E-state index is 0.0895. The Morgan fingerprint density at radius 3 is 1.91 bits per heavy atom. The van der Waals surface area contributed by atoms with E-state index >= 15 is 0 Å². The zero-order chi connectivity index (χ0) is 34.6. The van der Waals surface area contributed by atoms with Crippen molar-refractivity contribution >= 4 is 53.3 Å². The highest BCUT2D eigenvalue weighted by Gasteiger charge is 2.34. The van der Waals surface area contributed by atoms with E-state index in [4.69, 9.17) is 33.8 Å². The smallest absolute Gasteiger partial charge is 0.322 e. The van der Waals surface area contributed by atoms with E-state index in [-0.39, 0.29) is 44.4 Å². The average molecular weight is 656 g/mol.